The quantitative estimate of drug-likeness (QED) is 0.413. The first-order valence-corrected chi connectivity index (χ1v) is 2.52. The Labute approximate surface area is 49.8 Å². The van der Waals surface area contributed by atoms with Crippen molar-refractivity contribution in [3.63, 3.8) is 0 Å². The molecule has 0 aromatic rings. The van der Waals surface area contributed by atoms with Gasteiger partial charge in [-0.25, -0.2) is 0 Å². The van der Waals surface area contributed by atoms with E-state index in [1.807, 2.05) is 0 Å². The van der Waals surface area contributed by atoms with Gasteiger partial charge in [-0.1, -0.05) is 0 Å². The lowest BCUT2D eigenvalue weighted by atomic mass is 10.5. The number of hydrogen-bond acceptors (Lipinski definition) is 5. The van der Waals surface area contributed by atoms with Gasteiger partial charge in [0.25, 0.3) is 12.7 Å². The van der Waals surface area contributed by atoms with Crippen LogP contribution in [0.1, 0.15) is 0 Å². The second kappa shape index (κ2) is 0.919. The van der Waals surface area contributed by atoms with Crippen LogP contribution in [0.25, 0.3) is 0 Å². The van der Waals surface area contributed by atoms with Crippen molar-refractivity contribution in [3.05, 3.63) is 0 Å². The van der Waals surface area contributed by atoms with E-state index >= 15 is 0 Å². The molecule has 9 heavy (non-hydrogen) atoms. The molecular formula is C3H2N3O3. The summed E-state index contributed by atoms with van der Waals surface area (Å²) >= 11 is 0. The summed E-state index contributed by atoms with van der Waals surface area (Å²) in [5.41, 5.74) is 0. The van der Waals surface area contributed by atoms with Crippen LogP contribution < -0.4 is 0 Å². The van der Waals surface area contributed by atoms with Crippen molar-refractivity contribution < 1.29 is 14.8 Å². The molecule has 3 unspecified atom stereocenters. The van der Waals surface area contributed by atoms with Gasteiger partial charge in [0.15, 0.2) is 0 Å². The van der Waals surface area contributed by atoms with Crippen LogP contribution in [0.5, 0.6) is 0 Å². The van der Waals surface area contributed by atoms with Gasteiger partial charge in [-0.15, -0.1) is 5.06 Å². The summed E-state index contributed by atoms with van der Waals surface area (Å²) in [5, 5.41) is 13.2. The average molecular weight is 128 g/mol. The first-order valence-electron chi connectivity index (χ1n) is 2.52. The minimum atomic E-state index is -1.12. The molecule has 1 radical (unpaired) electrons. The number of ether oxygens (including phenoxy) is 1. The third-order valence-electron chi connectivity index (χ3n) is 1.44. The molecule has 5 heterocycles. The zero-order chi connectivity index (χ0) is 6.01. The first-order chi connectivity index (χ1) is 4.36. The maximum atomic E-state index is 10.7. The molecule has 0 aliphatic carbocycles. The Morgan fingerprint density at radius 3 is 2.78 bits per heavy atom. The van der Waals surface area contributed by atoms with E-state index in [-0.39, 0.29) is 6.35 Å². The van der Waals surface area contributed by atoms with Crippen molar-refractivity contribution in [3.8, 4) is 0 Å². The van der Waals surface area contributed by atoms with Crippen molar-refractivity contribution >= 4 is 6.02 Å². The number of nitrogens with zero attached hydrogens (tertiary/aromatic N) is 3. The Bertz CT molecular complexity index is 204. The molecule has 3 atom stereocenters. The molecule has 5 aliphatic heterocycles. The molecule has 0 amide bonds. The molecule has 0 aromatic carbocycles. The highest BCUT2D eigenvalue weighted by molar-refractivity contribution is 5.79. The van der Waals surface area contributed by atoms with Gasteiger partial charge in [-0.3, -0.25) is 0 Å². The second-order valence-electron chi connectivity index (χ2n) is 1.95. The van der Waals surface area contributed by atoms with Gasteiger partial charge in [-0.2, -0.15) is 15.0 Å². The molecule has 0 aromatic heterocycles. The normalized spacial score (nSPS) is 50.6. The minimum absolute atomic E-state index is 0.278. The van der Waals surface area contributed by atoms with Gasteiger partial charge in [0, 0.05) is 0 Å². The fraction of sp³-hybridized carbons (Fsp3) is 0.667. The summed E-state index contributed by atoms with van der Waals surface area (Å²) in [6.45, 7) is 0. The van der Waals surface area contributed by atoms with E-state index in [4.69, 9.17) is 9.68 Å². The van der Waals surface area contributed by atoms with Crippen LogP contribution in [0.15, 0.2) is 4.99 Å². The summed E-state index contributed by atoms with van der Waals surface area (Å²) in [6.07, 6.45) is -1.40. The third kappa shape index (κ3) is 0.257. The molecule has 6 nitrogen and oxygen atoms in total. The van der Waals surface area contributed by atoms with Crippen molar-refractivity contribution in [2.75, 3.05) is 0 Å². The number of amidine groups is 1. The standard InChI is InChI=1S/C3H2N3O3/c7-1-4-2-6-3(8-2)5(1)9-6/h1,3H. The number of hydrogen-bond donors (Lipinski definition) is 0. The molecule has 47 valence electrons. The lowest BCUT2D eigenvalue weighted by Crippen LogP contribution is -2.79. The summed E-state index contributed by atoms with van der Waals surface area (Å²) in [7, 11) is 0. The molecule has 5 aliphatic rings. The van der Waals surface area contributed by atoms with Gasteiger partial charge in [0.05, 0.1) is 0 Å². The SMILES string of the molecule is [O]C1N=C2OC3N2ON13. The number of aliphatic imine (C=N–C) groups is 1. The number of rotatable bonds is 0. The number of hydroxylamine groups is 4. The fourth-order valence-corrected chi connectivity index (χ4v) is 0.959. The molecule has 2 fully saturated rings. The van der Waals surface area contributed by atoms with E-state index in [9.17, 15) is 5.11 Å². The van der Waals surface area contributed by atoms with E-state index in [2.05, 4.69) is 4.99 Å². The van der Waals surface area contributed by atoms with Gasteiger partial charge < -0.3 is 4.74 Å². The summed E-state index contributed by atoms with van der Waals surface area (Å²) in [6, 6.07) is 0.308. The molecule has 6 heteroatoms. The van der Waals surface area contributed by atoms with Crippen LogP contribution in [-0.4, -0.2) is 28.9 Å². The Morgan fingerprint density at radius 2 is 2.56 bits per heavy atom. The Hall–Kier alpha value is -0.850. The maximum absolute atomic E-state index is 10.7. The zero-order valence-corrected chi connectivity index (χ0v) is 4.22. The van der Waals surface area contributed by atoms with E-state index in [1.165, 1.54) is 5.06 Å². The van der Waals surface area contributed by atoms with Gasteiger partial charge >= 0.3 is 6.02 Å². The Morgan fingerprint density at radius 1 is 1.67 bits per heavy atom. The molecule has 4 bridgehead atoms. The van der Waals surface area contributed by atoms with E-state index in [0.29, 0.717) is 6.02 Å². The molecule has 0 saturated carbocycles. The average Bonchev–Trinajstić information content (AvgIpc) is 1.81. The highest BCUT2D eigenvalue weighted by atomic mass is 17.0. The topological polar surface area (TPSA) is 57.2 Å². The van der Waals surface area contributed by atoms with Crippen LogP contribution in [0, 0.1) is 0 Å². The molecular weight excluding hydrogens is 126 g/mol. The van der Waals surface area contributed by atoms with Crippen molar-refractivity contribution in [1.29, 1.82) is 0 Å². The van der Waals surface area contributed by atoms with Gasteiger partial charge in [0.1, 0.15) is 0 Å². The smallest absolute Gasteiger partial charge is 0.325 e. The van der Waals surface area contributed by atoms with Crippen LogP contribution >= 0.6 is 0 Å². The third-order valence-corrected chi connectivity index (χ3v) is 1.44. The predicted molar refractivity (Wildman–Crippen MR) is 21.5 cm³/mol. The molecule has 0 spiro atoms. The maximum Gasteiger partial charge on any atom is 0.325 e. The highest BCUT2D eigenvalue weighted by Crippen LogP contribution is 2.38. The van der Waals surface area contributed by atoms with Crippen LogP contribution in [0.3, 0.4) is 0 Å². The van der Waals surface area contributed by atoms with Crippen LogP contribution in [0.2, 0.25) is 0 Å². The van der Waals surface area contributed by atoms with Crippen molar-refractivity contribution in [2.45, 2.75) is 12.7 Å². The van der Waals surface area contributed by atoms with Gasteiger partial charge in [-0.05, 0) is 5.06 Å². The summed E-state index contributed by atoms with van der Waals surface area (Å²) < 4.78 is 4.88. The highest BCUT2D eigenvalue weighted by Gasteiger charge is 2.61. The van der Waals surface area contributed by atoms with Crippen LogP contribution in [0.4, 0.5) is 0 Å². The van der Waals surface area contributed by atoms with Crippen LogP contribution in [-0.2, 0) is 14.8 Å². The van der Waals surface area contributed by atoms with E-state index < -0.39 is 6.35 Å². The first kappa shape index (κ1) is 4.04. The summed E-state index contributed by atoms with van der Waals surface area (Å²) in [5.74, 6) is 0. The zero-order valence-electron chi connectivity index (χ0n) is 4.22. The van der Waals surface area contributed by atoms with Crippen molar-refractivity contribution in [1.82, 2.24) is 10.1 Å². The second-order valence-corrected chi connectivity index (χ2v) is 1.95. The van der Waals surface area contributed by atoms with Crippen molar-refractivity contribution in [2.24, 2.45) is 4.99 Å². The van der Waals surface area contributed by atoms with E-state index in [1.54, 1.807) is 0 Å². The van der Waals surface area contributed by atoms with Gasteiger partial charge in [0.2, 0.25) is 0 Å². The Balaban J connectivity index is 2.09. The summed E-state index contributed by atoms with van der Waals surface area (Å²) in [4.78, 5) is 8.29. The lowest BCUT2D eigenvalue weighted by Gasteiger charge is -2.57. The minimum Gasteiger partial charge on any atom is -0.420 e. The largest absolute Gasteiger partial charge is 0.420 e. The molecule has 0 N–H and O–H groups in total. The fourth-order valence-electron chi connectivity index (χ4n) is 0.959. The lowest BCUT2D eigenvalue weighted by molar-refractivity contribution is -0.582. The predicted octanol–water partition coefficient (Wildman–Crippen LogP) is -1.15. The van der Waals surface area contributed by atoms with E-state index in [0.717, 1.165) is 5.06 Å². The molecule has 5 rings (SSSR count). The Kier molecular flexibility index (Phi) is 0.413. The molecule has 2 saturated heterocycles. The monoisotopic (exact) mass is 128 g/mol.